The van der Waals surface area contributed by atoms with E-state index >= 15 is 0 Å². The summed E-state index contributed by atoms with van der Waals surface area (Å²) in [5, 5.41) is 11.0. The minimum atomic E-state index is -3.53. The average molecular weight is 295 g/mol. The minimum Gasteiger partial charge on any atom is -0.211 e. The summed E-state index contributed by atoms with van der Waals surface area (Å²) in [7, 11) is -3.53. The van der Waals surface area contributed by atoms with Crippen molar-refractivity contribution in [2.75, 3.05) is 6.54 Å². The van der Waals surface area contributed by atoms with Crippen molar-refractivity contribution in [1.82, 2.24) is 24.9 Å². The highest BCUT2D eigenvalue weighted by molar-refractivity contribution is 7.89. The molecule has 0 amide bonds. The van der Waals surface area contributed by atoms with Crippen molar-refractivity contribution in [1.29, 1.82) is 0 Å². The Morgan fingerprint density at radius 2 is 1.95 bits per heavy atom. The molecule has 20 heavy (non-hydrogen) atoms. The zero-order valence-corrected chi connectivity index (χ0v) is 12.7. The number of rotatable bonds is 4. The molecule has 1 heterocycles. The third-order valence-corrected chi connectivity index (χ3v) is 4.88. The van der Waals surface area contributed by atoms with Gasteiger partial charge in [0.15, 0.2) is 0 Å². The van der Waals surface area contributed by atoms with Crippen molar-refractivity contribution in [2.45, 2.75) is 32.6 Å². The lowest BCUT2D eigenvalue weighted by molar-refractivity contribution is 0.582. The van der Waals surface area contributed by atoms with E-state index in [1.165, 1.54) is 11.0 Å². The lowest BCUT2D eigenvalue weighted by Crippen LogP contribution is -2.25. The summed E-state index contributed by atoms with van der Waals surface area (Å²) < 4.78 is 28.7. The zero-order chi connectivity index (χ0) is 14.9. The van der Waals surface area contributed by atoms with E-state index in [1.54, 1.807) is 20.8 Å². The van der Waals surface area contributed by atoms with Crippen molar-refractivity contribution in [3.05, 3.63) is 29.1 Å². The smallest absolute Gasteiger partial charge is 0.211 e. The third-order valence-electron chi connectivity index (χ3n) is 3.04. The second-order valence-corrected chi connectivity index (χ2v) is 6.27. The number of aromatic nitrogens is 4. The van der Waals surface area contributed by atoms with E-state index in [4.69, 9.17) is 0 Å². The van der Waals surface area contributed by atoms with Crippen molar-refractivity contribution in [3.63, 3.8) is 0 Å². The molecule has 0 bridgehead atoms. The van der Waals surface area contributed by atoms with E-state index < -0.39 is 10.0 Å². The molecule has 0 unspecified atom stereocenters. The lowest BCUT2D eigenvalue weighted by Gasteiger charge is -2.16. The van der Waals surface area contributed by atoms with E-state index in [1.807, 2.05) is 13.0 Å². The van der Waals surface area contributed by atoms with Gasteiger partial charge in [-0.15, -0.1) is 5.10 Å². The molecule has 0 spiro atoms. The molecule has 1 aromatic carbocycles. The highest BCUT2D eigenvalue weighted by Gasteiger charge is 2.23. The van der Waals surface area contributed by atoms with E-state index in [9.17, 15) is 8.42 Å². The molecule has 0 saturated carbocycles. The average Bonchev–Trinajstić information content (AvgIpc) is 2.80. The lowest BCUT2D eigenvalue weighted by atomic mass is 10.1. The van der Waals surface area contributed by atoms with Crippen LogP contribution in [-0.2, 0) is 10.0 Å². The van der Waals surface area contributed by atoms with Gasteiger partial charge in [0.2, 0.25) is 10.0 Å². The van der Waals surface area contributed by atoms with Gasteiger partial charge in [-0.2, -0.15) is 4.68 Å². The largest absolute Gasteiger partial charge is 0.241 e. The molecule has 0 fully saturated rings. The summed E-state index contributed by atoms with van der Waals surface area (Å²) in [5.41, 5.74) is 2.95. The summed E-state index contributed by atoms with van der Waals surface area (Å²) in [5.74, 6) is 0. The normalized spacial score (nSPS) is 11.8. The number of nitrogens with zero attached hydrogens (tertiary/aromatic N) is 4. The van der Waals surface area contributed by atoms with Crippen LogP contribution in [0, 0.1) is 20.8 Å². The topological polar surface area (TPSA) is 89.8 Å². The van der Waals surface area contributed by atoms with Gasteiger partial charge in [-0.05, 0) is 47.9 Å². The van der Waals surface area contributed by atoms with Crippen LogP contribution in [0.3, 0.4) is 0 Å². The molecule has 0 radical (unpaired) electrons. The fraction of sp³-hybridized carbons (Fsp3) is 0.417. The Morgan fingerprint density at radius 1 is 1.25 bits per heavy atom. The van der Waals surface area contributed by atoms with Gasteiger partial charge in [0.05, 0.1) is 10.6 Å². The molecule has 1 aromatic heterocycles. The maximum atomic E-state index is 12.3. The molecule has 0 atom stereocenters. The van der Waals surface area contributed by atoms with Crippen LogP contribution in [0.15, 0.2) is 17.3 Å². The summed E-state index contributed by atoms with van der Waals surface area (Å²) in [6, 6.07) is 1.83. The fourth-order valence-corrected chi connectivity index (χ4v) is 3.96. The number of benzene rings is 1. The number of hydrogen-bond acceptors (Lipinski definition) is 5. The molecule has 108 valence electrons. The Labute approximate surface area is 118 Å². The van der Waals surface area contributed by atoms with Gasteiger partial charge < -0.3 is 0 Å². The molecular weight excluding hydrogens is 278 g/mol. The highest BCUT2D eigenvalue weighted by atomic mass is 32.2. The van der Waals surface area contributed by atoms with E-state index in [0.717, 1.165) is 5.56 Å². The number of hydrogen-bond donors (Lipinski definition) is 1. The predicted octanol–water partition coefficient (Wildman–Crippen LogP) is 0.886. The minimum absolute atomic E-state index is 0.287. The van der Waals surface area contributed by atoms with Gasteiger partial charge in [-0.3, -0.25) is 0 Å². The first-order valence-corrected chi connectivity index (χ1v) is 7.70. The van der Waals surface area contributed by atoms with Crippen LogP contribution in [0.5, 0.6) is 0 Å². The zero-order valence-electron chi connectivity index (χ0n) is 11.9. The van der Waals surface area contributed by atoms with Crippen LogP contribution in [0.4, 0.5) is 0 Å². The van der Waals surface area contributed by atoms with E-state index in [-0.39, 0.29) is 4.90 Å². The van der Waals surface area contributed by atoms with Crippen LogP contribution >= 0.6 is 0 Å². The van der Waals surface area contributed by atoms with Gasteiger partial charge in [-0.1, -0.05) is 13.0 Å². The Kier molecular flexibility index (Phi) is 3.87. The molecule has 0 aliphatic heterocycles. The SMILES string of the molecule is CCNS(=O)(=O)c1c(C)cc(C)c(-n2cnnn2)c1C. The number of sulfonamides is 1. The fourth-order valence-electron chi connectivity index (χ4n) is 2.45. The maximum absolute atomic E-state index is 12.3. The summed E-state index contributed by atoms with van der Waals surface area (Å²) >= 11 is 0. The van der Waals surface area contributed by atoms with Crippen molar-refractivity contribution in [3.8, 4) is 5.69 Å². The molecule has 2 aromatic rings. The first-order chi connectivity index (χ1) is 9.38. The third kappa shape index (κ3) is 2.44. The number of nitrogens with one attached hydrogen (secondary N) is 1. The Bertz CT molecular complexity index is 723. The van der Waals surface area contributed by atoms with Gasteiger partial charge in [0.25, 0.3) is 0 Å². The molecule has 7 nitrogen and oxygen atoms in total. The standard InChI is InChI=1S/C12H17N5O2S/c1-5-14-20(18,19)12-9(3)6-8(2)11(10(12)4)17-7-13-15-16-17/h6-7,14H,5H2,1-4H3. The second kappa shape index (κ2) is 5.29. The Hall–Kier alpha value is -1.80. The van der Waals surface area contributed by atoms with Gasteiger partial charge in [-0.25, -0.2) is 13.1 Å². The predicted molar refractivity (Wildman–Crippen MR) is 74.2 cm³/mol. The highest BCUT2D eigenvalue weighted by Crippen LogP contribution is 2.28. The summed E-state index contributed by atoms with van der Waals surface area (Å²) in [6.07, 6.45) is 1.45. The Balaban J connectivity index is 2.75. The summed E-state index contributed by atoms with van der Waals surface area (Å²) in [4.78, 5) is 0.287. The van der Waals surface area contributed by atoms with Crippen LogP contribution in [-0.4, -0.2) is 35.2 Å². The summed E-state index contributed by atoms with van der Waals surface area (Å²) in [6.45, 7) is 7.55. The second-order valence-electron chi connectivity index (χ2n) is 4.57. The van der Waals surface area contributed by atoms with Crippen molar-refractivity contribution < 1.29 is 8.42 Å². The van der Waals surface area contributed by atoms with E-state index in [2.05, 4.69) is 20.2 Å². The molecular formula is C12H17N5O2S. The van der Waals surface area contributed by atoms with Crippen molar-refractivity contribution in [2.24, 2.45) is 0 Å². The van der Waals surface area contributed by atoms with Crippen LogP contribution in [0.1, 0.15) is 23.6 Å². The molecule has 0 aliphatic carbocycles. The molecule has 8 heteroatoms. The van der Waals surface area contributed by atoms with Crippen LogP contribution in [0.2, 0.25) is 0 Å². The first-order valence-electron chi connectivity index (χ1n) is 6.22. The monoisotopic (exact) mass is 295 g/mol. The molecule has 0 aliphatic rings. The number of aryl methyl sites for hydroxylation is 2. The van der Waals surface area contributed by atoms with Gasteiger partial charge in [0.1, 0.15) is 6.33 Å². The first kappa shape index (κ1) is 14.6. The van der Waals surface area contributed by atoms with E-state index in [0.29, 0.717) is 23.4 Å². The molecule has 2 rings (SSSR count). The molecule has 0 saturated heterocycles. The van der Waals surface area contributed by atoms with Gasteiger partial charge in [0, 0.05) is 6.54 Å². The quantitative estimate of drug-likeness (QED) is 0.904. The van der Waals surface area contributed by atoms with Crippen LogP contribution < -0.4 is 4.72 Å². The maximum Gasteiger partial charge on any atom is 0.241 e. The van der Waals surface area contributed by atoms with Crippen molar-refractivity contribution >= 4 is 10.0 Å². The van der Waals surface area contributed by atoms with Gasteiger partial charge >= 0.3 is 0 Å². The number of tetrazole rings is 1. The Morgan fingerprint density at radius 3 is 2.50 bits per heavy atom. The molecule has 1 N–H and O–H groups in total. The van der Waals surface area contributed by atoms with Crippen LogP contribution in [0.25, 0.3) is 5.69 Å².